The van der Waals surface area contributed by atoms with Crippen molar-refractivity contribution in [3.05, 3.63) is 42.5 Å². The smallest absolute Gasteiger partial charge is 0.233 e. The van der Waals surface area contributed by atoms with E-state index in [1.54, 1.807) is 0 Å². The lowest BCUT2D eigenvalue weighted by Gasteiger charge is -2.14. The van der Waals surface area contributed by atoms with Crippen LogP contribution in [0.4, 0.5) is 5.69 Å². The van der Waals surface area contributed by atoms with E-state index in [2.05, 4.69) is 22.1 Å². The molecule has 0 aromatic heterocycles. The molecule has 2 rings (SSSR count). The van der Waals surface area contributed by atoms with E-state index in [1.165, 1.54) is 0 Å². The Labute approximate surface area is 137 Å². The average Bonchev–Trinajstić information content (AvgIpc) is 2.96. The summed E-state index contributed by atoms with van der Waals surface area (Å²) in [5.74, 6) is -0.0481. The van der Waals surface area contributed by atoms with Crippen molar-refractivity contribution in [3.8, 4) is 0 Å². The SMILES string of the molecule is C=CCN1CC[C@H](CNC(=O)CC(=O)Nc2ccccc2C)C1. The summed E-state index contributed by atoms with van der Waals surface area (Å²) in [6.45, 7) is 9.20. The first-order valence-electron chi connectivity index (χ1n) is 8.04. The minimum Gasteiger partial charge on any atom is -0.355 e. The van der Waals surface area contributed by atoms with Crippen LogP contribution in [0.2, 0.25) is 0 Å². The summed E-state index contributed by atoms with van der Waals surface area (Å²) in [5, 5.41) is 5.64. The Morgan fingerprint density at radius 1 is 1.35 bits per heavy atom. The Bertz CT molecular complexity index is 571. The molecular formula is C18H25N3O2. The van der Waals surface area contributed by atoms with E-state index in [0.29, 0.717) is 12.5 Å². The topological polar surface area (TPSA) is 61.4 Å². The number of hydrogen-bond donors (Lipinski definition) is 2. The average molecular weight is 315 g/mol. The highest BCUT2D eigenvalue weighted by Gasteiger charge is 2.22. The fourth-order valence-corrected chi connectivity index (χ4v) is 2.80. The van der Waals surface area contributed by atoms with Gasteiger partial charge in [0.15, 0.2) is 0 Å². The number of nitrogens with one attached hydrogen (secondary N) is 2. The van der Waals surface area contributed by atoms with Gasteiger partial charge in [-0.3, -0.25) is 14.5 Å². The van der Waals surface area contributed by atoms with Crippen LogP contribution in [0.15, 0.2) is 36.9 Å². The zero-order valence-electron chi connectivity index (χ0n) is 13.7. The second-order valence-corrected chi connectivity index (χ2v) is 6.05. The van der Waals surface area contributed by atoms with Gasteiger partial charge in [0.1, 0.15) is 6.42 Å². The van der Waals surface area contributed by atoms with E-state index in [4.69, 9.17) is 0 Å². The van der Waals surface area contributed by atoms with E-state index >= 15 is 0 Å². The van der Waals surface area contributed by atoms with Crippen molar-refractivity contribution in [1.29, 1.82) is 0 Å². The van der Waals surface area contributed by atoms with Crippen LogP contribution in [0.3, 0.4) is 0 Å². The molecular weight excluding hydrogens is 290 g/mol. The number of aryl methyl sites for hydroxylation is 1. The van der Waals surface area contributed by atoms with Crippen molar-refractivity contribution in [2.75, 3.05) is 31.5 Å². The van der Waals surface area contributed by atoms with Crippen LogP contribution >= 0.6 is 0 Å². The third-order valence-corrected chi connectivity index (χ3v) is 4.09. The molecule has 0 aliphatic carbocycles. The van der Waals surface area contributed by atoms with Crippen LogP contribution in [0.5, 0.6) is 0 Å². The van der Waals surface area contributed by atoms with Gasteiger partial charge in [-0.1, -0.05) is 24.3 Å². The van der Waals surface area contributed by atoms with Crippen LogP contribution in [-0.4, -0.2) is 42.9 Å². The van der Waals surface area contributed by atoms with Gasteiger partial charge in [0.25, 0.3) is 0 Å². The Morgan fingerprint density at radius 3 is 2.87 bits per heavy atom. The summed E-state index contributed by atoms with van der Waals surface area (Å²) >= 11 is 0. The summed E-state index contributed by atoms with van der Waals surface area (Å²) in [6.07, 6.45) is 2.83. The molecule has 1 atom stereocenters. The highest BCUT2D eigenvalue weighted by Crippen LogP contribution is 2.15. The van der Waals surface area contributed by atoms with Gasteiger partial charge in [0, 0.05) is 25.3 Å². The second kappa shape index (κ2) is 8.48. The van der Waals surface area contributed by atoms with Crippen LogP contribution in [-0.2, 0) is 9.59 Å². The Balaban J connectivity index is 1.69. The normalized spacial score (nSPS) is 17.7. The summed E-state index contributed by atoms with van der Waals surface area (Å²) in [5.41, 5.74) is 1.73. The van der Waals surface area contributed by atoms with Gasteiger partial charge in [-0.15, -0.1) is 6.58 Å². The van der Waals surface area contributed by atoms with Crippen LogP contribution in [0.25, 0.3) is 0 Å². The third-order valence-electron chi connectivity index (χ3n) is 4.09. The quantitative estimate of drug-likeness (QED) is 0.597. The van der Waals surface area contributed by atoms with Crippen molar-refractivity contribution in [1.82, 2.24) is 10.2 Å². The molecule has 0 bridgehead atoms. The first-order chi connectivity index (χ1) is 11.1. The van der Waals surface area contributed by atoms with Gasteiger partial charge in [-0.05, 0) is 37.4 Å². The number of carbonyl (C=O) groups is 2. The molecule has 0 saturated carbocycles. The van der Waals surface area contributed by atoms with Gasteiger partial charge in [0.2, 0.25) is 11.8 Å². The zero-order chi connectivity index (χ0) is 16.7. The number of rotatable bonds is 7. The maximum absolute atomic E-state index is 11.9. The molecule has 0 radical (unpaired) electrons. The largest absolute Gasteiger partial charge is 0.355 e. The molecule has 1 aromatic rings. The molecule has 124 valence electrons. The molecule has 5 nitrogen and oxygen atoms in total. The number of hydrogen-bond acceptors (Lipinski definition) is 3. The fourth-order valence-electron chi connectivity index (χ4n) is 2.80. The Hall–Kier alpha value is -2.14. The van der Waals surface area contributed by atoms with Gasteiger partial charge >= 0.3 is 0 Å². The molecule has 5 heteroatoms. The van der Waals surface area contributed by atoms with Gasteiger partial charge < -0.3 is 10.6 Å². The number of amides is 2. The van der Waals surface area contributed by atoms with Crippen molar-refractivity contribution in [3.63, 3.8) is 0 Å². The van der Waals surface area contributed by atoms with E-state index in [0.717, 1.165) is 37.3 Å². The van der Waals surface area contributed by atoms with Crippen molar-refractivity contribution < 1.29 is 9.59 Å². The molecule has 1 heterocycles. The minimum atomic E-state index is -0.281. The summed E-state index contributed by atoms with van der Waals surface area (Å²) in [7, 11) is 0. The number of para-hydroxylation sites is 1. The van der Waals surface area contributed by atoms with Gasteiger partial charge in [0.05, 0.1) is 0 Å². The number of anilines is 1. The van der Waals surface area contributed by atoms with Gasteiger partial charge in [-0.25, -0.2) is 0 Å². The maximum Gasteiger partial charge on any atom is 0.233 e. The predicted octanol–water partition coefficient (Wildman–Crippen LogP) is 1.95. The summed E-state index contributed by atoms with van der Waals surface area (Å²) in [4.78, 5) is 26.1. The molecule has 23 heavy (non-hydrogen) atoms. The van der Waals surface area contributed by atoms with Gasteiger partial charge in [-0.2, -0.15) is 0 Å². The van der Waals surface area contributed by atoms with E-state index in [1.807, 2.05) is 37.3 Å². The third kappa shape index (κ3) is 5.53. The van der Waals surface area contributed by atoms with Crippen LogP contribution < -0.4 is 10.6 Å². The Kier molecular flexibility index (Phi) is 6.35. The van der Waals surface area contributed by atoms with E-state index in [-0.39, 0.29) is 18.2 Å². The molecule has 1 aromatic carbocycles. The monoisotopic (exact) mass is 315 g/mol. The molecule has 1 aliphatic rings. The summed E-state index contributed by atoms with van der Waals surface area (Å²) < 4.78 is 0. The zero-order valence-corrected chi connectivity index (χ0v) is 13.7. The summed E-state index contributed by atoms with van der Waals surface area (Å²) in [6, 6.07) is 7.52. The predicted molar refractivity (Wildman–Crippen MR) is 92.2 cm³/mol. The lowest BCUT2D eigenvalue weighted by molar-refractivity contribution is -0.126. The molecule has 2 amide bonds. The first-order valence-corrected chi connectivity index (χ1v) is 8.04. The lowest BCUT2D eigenvalue weighted by atomic mass is 10.1. The molecule has 1 aliphatic heterocycles. The van der Waals surface area contributed by atoms with Crippen LogP contribution in [0.1, 0.15) is 18.4 Å². The van der Waals surface area contributed by atoms with E-state index in [9.17, 15) is 9.59 Å². The molecule has 1 fully saturated rings. The van der Waals surface area contributed by atoms with Crippen molar-refractivity contribution >= 4 is 17.5 Å². The second-order valence-electron chi connectivity index (χ2n) is 6.05. The minimum absolute atomic E-state index is 0.141. The standard InChI is InChI=1S/C18H25N3O2/c1-3-9-21-10-8-15(13-21)12-19-17(22)11-18(23)20-16-7-5-4-6-14(16)2/h3-7,15H,1,8-13H2,2H3,(H,19,22)(H,20,23)/t15-/m1/s1. The number of benzene rings is 1. The highest BCUT2D eigenvalue weighted by atomic mass is 16.2. The van der Waals surface area contributed by atoms with Crippen LogP contribution in [0, 0.1) is 12.8 Å². The maximum atomic E-state index is 11.9. The van der Waals surface area contributed by atoms with Crippen molar-refractivity contribution in [2.24, 2.45) is 5.92 Å². The number of carbonyl (C=O) groups excluding carboxylic acids is 2. The number of likely N-dealkylation sites (tertiary alicyclic amines) is 1. The number of nitrogens with zero attached hydrogens (tertiary/aromatic N) is 1. The first kappa shape index (κ1) is 17.2. The lowest BCUT2D eigenvalue weighted by Crippen LogP contribution is -2.33. The fraction of sp³-hybridized carbons (Fsp3) is 0.444. The van der Waals surface area contributed by atoms with E-state index < -0.39 is 0 Å². The highest BCUT2D eigenvalue weighted by molar-refractivity contribution is 6.03. The Morgan fingerprint density at radius 2 is 2.13 bits per heavy atom. The molecule has 2 N–H and O–H groups in total. The molecule has 1 saturated heterocycles. The van der Waals surface area contributed by atoms with Crippen molar-refractivity contribution in [2.45, 2.75) is 19.8 Å². The molecule has 0 unspecified atom stereocenters. The molecule has 0 spiro atoms.